The molecule has 2 aromatic carbocycles. The van der Waals surface area contributed by atoms with Gasteiger partial charge in [-0.15, -0.1) is 0 Å². The number of aryl methyl sites for hydroxylation is 1. The number of benzene rings is 2. The van der Waals surface area contributed by atoms with Gasteiger partial charge in [0.15, 0.2) is 17.5 Å². The molecule has 0 aliphatic heterocycles. The van der Waals surface area contributed by atoms with Crippen LogP contribution in [-0.2, 0) is 17.6 Å². The van der Waals surface area contributed by atoms with Gasteiger partial charge < -0.3 is 5.32 Å². The van der Waals surface area contributed by atoms with Gasteiger partial charge in [-0.25, -0.2) is 13.2 Å². The molecule has 0 atom stereocenters. The summed E-state index contributed by atoms with van der Waals surface area (Å²) in [5.74, 6) is -4.77. The maximum absolute atomic E-state index is 13.5. The molecule has 0 aliphatic rings. The Kier molecular flexibility index (Phi) is 5.79. The molecule has 1 amide bonds. The van der Waals surface area contributed by atoms with Crippen molar-refractivity contribution < 1.29 is 18.0 Å². The van der Waals surface area contributed by atoms with Crippen LogP contribution in [0.1, 0.15) is 30.9 Å². The Balaban J connectivity index is 1.98. The minimum atomic E-state index is -1.59. The molecular weight excluding hydrogens is 303 g/mol. The van der Waals surface area contributed by atoms with E-state index in [1.807, 2.05) is 24.3 Å². The van der Waals surface area contributed by atoms with Crippen LogP contribution in [0.2, 0.25) is 0 Å². The van der Waals surface area contributed by atoms with Crippen LogP contribution in [-0.4, -0.2) is 5.91 Å². The first kappa shape index (κ1) is 17.1. The lowest BCUT2D eigenvalue weighted by molar-refractivity contribution is -0.115. The minimum Gasteiger partial charge on any atom is -0.323 e. The summed E-state index contributed by atoms with van der Waals surface area (Å²) >= 11 is 0. The van der Waals surface area contributed by atoms with Crippen LogP contribution >= 0.6 is 0 Å². The van der Waals surface area contributed by atoms with Crippen LogP contribution in [0, 0.1) is 17.5 Å². The van der Waals surface area contributed by atoms with E-state index in [2.05, 4.69) is 12.2 Å². The molecule has 0 saturated heterocycles. The van der Waals surface area contributed by atoms with E-state index in [0.717, 1.165) is 37.0 Å². The fourth-order valence-corrected chi connectivity index (χ4v) is 2.21. The van der Waals surface area contributed by atoms with Crippen molar-refractivity contribution in [1.29, 1.82) is 0 Å². The second-order valence-electron chi connectivity index (χ2n) is 5.37. The SMILES string of the molecule is CCCCc1ccc(CC(=O)Nc2ccc(F)c(F)c2F)cc1. The summed E-state index contributed by atoms with van der Waals surface area (Å²) in [6, 6.07) is 9.36. The van der Waals surface area contributed by atoms with E-state index >= 15 is 0 Å². The molecule has 0 unspecified atom stereocenters. The number of nitrogens with one attached hydrogen (secondary N) is 1. The molecule has 0 radical (unpaired) electrons. The Morgan fingerprint density at radius 1 is 0.957 bits per heavy atom. The zero-order valence-electron chi connectivity index (χ0n) is 12.8. The van der Waals surface area contributed by atoms with Gasteiger partial charge in [0.05, 0.1) is 12.1 Å². The average molecular weight is 321 g/mol. The first-order chi connectivity index (χ1) is 11.0. The third-order valence-electron chi connectivity index (χ3n) is 3.52. The van der Waals surface area contributed by atoms with Crippen LogP contribution in [0.25, 0.3) is 0 Å². The predicted octanol–water partition coefficient (Wildman–Crippen LogP) is 4.63. The Morgan fingerprint density at radius 2 is 1.61 bits per heavy atom. The van der Waals surface area contributed by atoms with Crippen molar-refractivity contribution in [1.82, 2.24) is 0 Å². The van der Waals surface area contributed by atoms with Crippen LogP contribution in [0.5, 0.6) is 0 Å². The maximum Gasteiger partial charge on any atom is 0.228 e. The van der Waals surface area contributed by atoms with Crippen LogP contribution in [0.4, 0.5) is 18.9 Å². The number of unbranched alkanes of at least 4 members (excludes halogenated alkanes) is 1. The van der Waals surface area contributed by atoms with Gasteiger partial charge >= 0.3 is 0 Å². The number of hydrogen-bond acceptors (Lipinski definition) is 1. The van der Waals surface area contributed by atoms with Gasteiger partial charge in [0.2, 0.25) is 5.91 Å². The molecule has 0 bridgehead atoms. The van der Waals surface area contributed by atoms with Gasteiger partial charge in [-0.1, -0.05) is 37.6 Å². The number of amides is 1. The van der Waals surface area contributed by atoms with Gasteiger partial charge in [0.25, 0.3) is 0 Å². The minimum absolute atomic E-state index is 0.0342. The number of anilines is 1. The van der Waals surface area contributed by atoms with Crippen molar-refractivity contribution in [3.63, 3.8) is 0 Å². The highest BCUT2D eigenvalue weighted by molar-refractivity contribution is 5.92. The summed E-state index contributed by atoms with van der Waals surface area (Å²) in [4.78, 5) is 11.9. The van der Waals surface area contributed by atoms with E-state index in [4.69, 9.17) is 0 Å². The van der Waals surface area contributed by atoms with E-state index in [1.165, 1.54) is 5.56 Å². The van der Waals surface area contributed by atoms with E-state index in [9.17, 15) is 18.0 Å². The molecule has 1 N–H and O–H groups in total. The number of carbonyl (C=O) groups excluding carboxylic acids is 1. The van der Waals surface area contributed by atoms with Crippen LogP contribution < -0.4 is 5.32 Å². The highest BCUT2D eigenvalue weighted by Gasteiger charge is 2.15. The Bertz CT molecular complexity index is 683. The molecule has 122 valence electrons. The molecule has 2 nitrogen and oxygen atoms in total. The van der Waals surface area contributed by atoms with E-state index in [0.29, 0.717) is 0 Å². The van der Waals surface area contributed by atoms with Crippen molar-refractivity contribution >= 4 is 11.6 Å². The normalized spacial score (nSPS) is 10.6. The molecule has 0 fully saturated rings. The first-order valence-corrected chi connectivity index (χ1v) is 7.52. The second-order valence-corrected chi connectivity index (χ2v) is 5.37. The van der Waals surface area contributed by atoms with Crippen LogP contribution in [0.3, 0.4) is 0 Å². The van der Waals surface area contributed by atoms with E-state index in [-0.39, 0.29) is 12.1 Å². The summed E-state index contributed by atoms with van der Waals surface area (Å²) < 4.78 is 39.5. The summed E-state index contributed by atoms with van der Waals surface area (Å²) in [6.45, 7) is 2.12. The summed E-state index contributed by atoms with van der Waals surface area (Å²) in [5, 5.41) is 2.26. The molecule has 0 spiro atoms. The Labute approximate surface area is 133 Å². The monoisotopic (exact) mass is 321 g/mol. The summed E-state index contributed by atoms with van der Waals surface area (Å²) in [7, 11) is 0. The van der Waals surface area contributed by atoms with Crippen molar-refractivity contribution in [2.24, 2.45) is 0 Å². The van der Waals surface area contributed by atoms with Crippen molar-refractivity contribution in [3.05, 3.63) is 65.0 Å². The number of hydrogen-bond donors (Lipinski definition) is 1. The molecule has 0 saturated carbocycles. The van der Waals surface area contributed by atoms with Crippen molar-refractivity contribution in [2.45, 2.75) is 32.6 Å². The highest BCUT2D eigenvalue weighted by atomic mass is 19.2. The maximum atomic E-state index is 13.5. The smallest absolute Gasteiger partial charge is 0.228 e. The molecule has 2 rings (SSSR count). The molecule has 23 heavy (non-hydrogen) atoms. The van der Waals surface area contributed by atoms with Crippen LogP contribution in [0.15, 0.2) is 36.4 Å². The standard InChI is InChI=1S/C18H18F3NO/c1-2-3-4-12-5-7-13(8-6-12)11-16(23)22-15-10-9-14(19)17(20)18(15)21/h5-10H,2-4,11H2,1H3,(H,22,23). The zero-order valence-corrected chi connectivity index (χ0v) is 12.8. The highest BCUT2D eigenvalue weighted by Crippen LogP contribution is 2.20. The Hall–Kier alpha value is -2.30. The van der Waals surface area contributed by atoms with Gasteiger partial charge in [0.1, 0.15) is 0 Å². The van der Waals surface area contributed by atoms with Crippen molar-refractivity contribution in [2.75, 3.05) is 5.32 Å². The molecule has 0 heterocycles. The molecule has 5 heteroatoms. The first-order valence-electron chi connectivity index (χ1n) is 7.52. The fourth-order valence-electron chi connectivity index (χ4n) is 2.21. The lowest BCUT2D eigenvalue weighted by atomic mass is 10.0. The zero-order chi connectivity index (χ0) is 16.8. The summed E-state index contributed by atoms with van der Waals surface area (Å²) in [6.07, 6.45) is 3.24. The number of carbonyl (C=O) groups is 1. The molecule has 2 aromatic rings. The largest absolute Gasteiger partial charge is 0.323 e. The molecular formula is C18H18F3NO. The molecule has 0 aliphatic carbocycles. The van der Waals surface area contributed by atoms with E-state index < -0.39 is 23.4 Å². The van der Waals surface area contributed by atoms with E-state index in [1.54, 1.807) is 0 Å². The summed E-state index contributed by atoms with van der Waals surface area (Å²) in [5.41, 5.74) is 1.60. The second kappa shape index (κ2) is 7.81. The third kappa shape index (κ3) is 4.58. The number of rotatable bonds is 6. The average Bonchev–Trinajstić information content (AvgIpc) is 2.55. The fraction of sp³-hybridized carbons (Fsp3) is 0.278. The topological polar surface area (TPSA) is 29.1 Å². The Morgan fingerprint density at radius 3 is 2.26 bits per heavy atom. The number of halogens is 3. The van der Waals surface area contributed by atoms with Gasteiger partial charge in [-0.05, 0) is 36.1 Å². The lowest BCUT2D eigenvalue weighted by Crippen LogP contribution is -2.16. The quantitative estimate of drug-likeness (QED) is 0.772. The van der Waals surface area contributed by atoms with Gasteiger partial charge in [-0.3, -0.25) is 4.79 Å². The molecule has 0 aromatic heterocycles. The third-order valence-corrected chi connectivity index (χ3v) is 3.52. The van der Waals surface area contributed by atoms with Gasteiger partial charge in [0, 0.05) is 0 Å². The lowest BCUT2D eigenvalue weighted by Gasteiger charge is -2.08. The predicted molar refractivity (Wildman–Crippen MR) is 83.7 cm³/mol. The van der Waals surface area contributed by atoms with Crippen molar-refractivity contribution in [3.8, 4) is 0 Å². The van der Waals surface area contributed by atoms with Gasteiger partial charge in [-0.2, -0.15) is 0 Å².